The van der Waals surface area contributed by atoms with E-state index in [1.54, 1.807) is 31.2 Å². The van der Waals surface area contributed by atoms with Crippen molar-refractivity contribution in [2.75, 3.05) is 5.73 Å². The summed E-state index contributed by atoms with van der Waals surface area (Å²) >= 11 is 6.05. The van der Waals surface area contributed by atoms with Crippen LogP contribution in [-0.4, -0.2) is 8.42 Å². The Balaban J connectivity index is 2.43. The van der Waals surface area contributed by atoms with Crippen LogP contribution in [0.5, 0.6) is 0 Å². The van der Waals surface area contributed by atoms with Crippen molar-refractivity contribution in [2.45, 2.75) is 24.5 Å². The lowest BCUT2D eigenvalue weighted by atomic mass is 10.2. The standard InChI is InChI=1S/C15H16ClNO2S/c1-10-3-4-11(2)15(7-10)20(18,19)9-12-5-6-13(17)8-14(12)16/h3-8H,9,17H2,1-2H3. The van der Waals surface area contributed by atoms with Gasteiger partial charge in [-0.05, 0) is 48.7 Å². The van der Waals surface area contributed by atoms with Gasteiger partial charge in [0.25, 0.3) is 0 Å². The largest absolute Gasteiger partial charge is 0.399 e. The molecule has 0 aliphatic carbocycles. The molecule has 0 saturated heterocycles. The van der Waals surface area contributed by atoms with Crippen molar-refractivity contribution in [3.63, 3.8) is 0 Å². The Kier molecular flexibility index (Phi) is 4.06. The summed E-state index contributed by atoms with van der Waals surface area (Å²) in [6, 6.07) is 10.3. The number of halogens is 1. The van der Waals surface area contributed by atoms with Crippen molar-refractivity contribution in [2.24, 2.45) is 0 Å². The van der Waals surface area contributed by atoms with E-state index in [-0.39, 0.29) is 5.75 Å². The van der Waals surface area contributed by atoms with Crippen LogP contribution in [0.1, 0.15) is 16.7 Å². The molecule has 106 valence electrons. The van der Waals surface area contributed by atoms with Gasteiger partial charge in [-0.3, -0.25) is 0 Å². The van der Waals surface area contributed by atoms with E-state index < -0.39 is 9.84 Å². The highest BCUT2D eigenvalue weighted by Gasteiger charge is 2.19. The summed E-state index contributed by atoms with van der Waals surface area (Å²) in [5.41, 5.74) is 8.34. The van der Waals surface area contributed by atoms with Gasteiger partial charge in [0.15, 0.2) is 9.84 Å². The molecule has 0 aliphatic heterocycles. The average molecular weight is 310 g/mol. The summed E-state index contributed by atoms with van der Waals surface area (Å²) in [5.74, 6) is -0.129. The predicted octanol–water partition coefficient (Wildman–Crippen LogP) is 3.51. The van der Waals surface area contributed by atoms with Crippen molar-refractivity contribution in [3.05, 3.63) is 58.1 Å². The maximum absolute atomic E-state index is 12.5. The SMILES string of the molecule is Cc1ccc(C)c(S(=O)(=O)Cc2ccc(N)cc2Cl)c1. The van der Waals surface area contributed by atoms with Crippen molar-refractivity contribution >= 4 is 27.1 Å². The molecule has 0 amide bonds. The molecule has 0 unspecified atom stereocenters. The van der Waals surface area contributed by atoms with E-state index >= 15 is 0 Å². The smallest absolute Gasteiger partial charge is 0.182 e. The number of sulfone groups is 1. The number of anilines is 1. The van der Waals surface area contributed by atoms with E-state index in [0.29, 0.717) is 21.2 Å². The third kappa shape index (κ3) is 3.14. The minimum Gasteiger partial charge on any atom is -0.399 e. The molecule has 2 aromatic carbocycles. The number of nitrogens with two attached hydrogens (primary N) is 1. The van der Waals surface area contributed by atoms with Gasteiger partial charge >= 0.3 is 0 Å². The molecule has 2 rings (SSSR count). The summed E-state index contributed by atoms with van der Waals surface area (Å²) in [6.45, 7) is 3.66. The van der Waals surface area contributed by atoms with Crippen molar-refractivity contribution in [3.8, 4) is 0 Å². The maximum Gasteiger partial charge on any atom is 0.182 e. The highest BCUT2D eigenvalue weighted by atomic mass is 35.5. The topological polar surface area (TPSA) is 60.2 Å². The Hall–Kier alpha value is -1.52. The van der Waals surface area contributed by atoms with Gasteiger partial charge in [0, 0.05) is 10.7 Å². The molecule has 3 nitrogen and oxygen atoms in total. The Bertz CT molecular complexity index is 754. The van der Waals surface area contributed by atoms with Crippen LogP contribution in [0.15, 0.2) is 41.3 Å². The van der Waals surface area contributed by atoms with Crippen LogP contribution >= 0.6 is 11.6 Å². The van der Waals surface area contributed by atoms with Crippen molar-refractivity contribution < 1.29 is 8.42 Å². The first kappa shape index (κ1) is 14.9. The number of hydrogen-bond donors (Lipinski definition) is 1. The second-order valence-corrected chi connectivity index (χ2v) is 7.24. The molecular formula is C15H16ClNO2S. The molecule has 0 spiro atoms. The summed E-state index contributed by atoms with van der Waals surface area (Å²) in [5, 5.41) is 0.374. The second kappa shape index (κ2) is 5.46. The molecule has 0 fully saturated rings. The molecule has 2 aromatic rings. The first-order valence-electron chi connectivity index (χ1n) is 6.13. The van der Waals surface area contributed by atoms with Crippen LogP contribution in [-0.2, 0) is 15.6 Å². The van der Waals surface area contributed by atoms with E-state index in [0.717, 1.165) is 11.1 Å². The van der Waals surface area contributed by atoms with Gasteiger partial charge in [-0.15, -0.1) is 0 Å². The number of benzene rings is 2. The zero-order valence-corrected chi connectivity index (χ0v) is 12.9. The van der Waals surface area contributed by atoms with Gasteiger partial charge < -0.3 is 5.73 Å². The Labute approximate surface area is 124 Å². The molecule has 0 atom stereocenters. The van der Waals surface area contributed by atoms with Crippen LogP contribution < -0.4 is 5.73 Å². The van der Waals surface area contributed by atoms with Gasteiger partial charge in [-0.1, -0.05) is 29.8 Å². The van der Waals surface area contributed by atoms with E-state index in [2.05, 4.69) is 0 Å². The number of aryl methyl sites for hydroxylation is 2. The van der Waals surface area contributed by atoms with E-state index in [1.807, 2.05) is 19.1 Å². The number of hydrogen-bond acceptors (Lipinski definition) is 3. The third-order valence-electron chi connectivity index (χ3n) is 3.10. The van der Waals surface area contributed by atoms with Crippen LogP contribution in [0, 0.1) is 13.8 Å². The minimum absolute atomic E-state index is 0.129. The highest BCUT2D eigenvalue weighted by Crippen LogP contribution is 2.26. The monoisotopic (exact) mass is 309 g/mol. The lowest BCUT2D eigenvalue weighted by molar-refractivity contribution is 0.594. The van der Waals surface area contributed by atoms with Crippen molar-refractivity contribution in [1.82, 2.24) is 0 Å². The first-order valence-corrected chi connectivity index (χ1v) is 8.16. The lowest BCUT2D eigenvalue weighted by Gasteiger charge is -2.10. The molecule has 0 bridgehead atoms. The molecular weight excluding hydrogens is 294 g/mol. The highest BCUT2D eigenvalue weighted by molar-refractivity contribution is 7.90. The summed E-state index contributed by atoms with van der Waals surface area (Å²) in [6.07, 6.45) is 0. The summed E-state index contributed by atoms with van der Waals surface area (Å²) in [7, 11) is -3.43. The number of nitrogen functional groups attached to an aromatic ring is 1. The maximum atomic E-state index is 12.5. The number of rotatable bonds is 3. The fourth-order valence-electron chi connectivity index (χ4n) is 2.01. The molecule has 0 radical (unpaired) electrons. The van der Waals surface area contributed by atoms with Gasteiger partial charge in [-0.25, -0.2) is 8.42 Å². The Morgan fingerprint density at radius 1 is 1.10 bits per heavy atom. The molecule has 2 N–H and O–H groups in total. The summed E-state index contributed by atoms with van der Waals surface area (Å²) < 4.78 is 25.0. The van der Waals surface area contributed by atoms with Gasteiger partial charge in [0.2, 0.25) is 0 Å². The lowest BCUT2D eigenvalue weighted by Crippen LogP contribution is -2.07. The molecule has 0 aliphatic rings. The van der Waals surface area contributed by atoms with Gasteiger partial charge in [-0.2, -0.15) is 0 Å². The van der Waals surface area contributed by atoms with Crippen LogP contribution in [0.2, 0.25) is 5.02 Å². The van der Waals surface area contributed by atoms with Crippen LogP contribution in [0.25, 0.3) is 0 Å². The Morgan fingerprint density at radius 3 is 2.45 bits per heavy atom. The summed E-state index contributed by atoms with van der Waals surface area (Å²) in [4.78, 5) is 0.352. The fourth-order valence-corrected chi connectivity index (χ4v) is 4.08. The molecule has 0 heterocycles. The van der Waals surface area contributed by atoms with E-state index in [1.165, 1.54) is 0 Å². The minimum atomic E-state index is -3.43. The molecule has 0 saturated carbocycles. The second-order valence-electron chi connectivity index (χ2n) is 4.88. The fraction of sp³-hybridized carbons (Fsp3) is 0.200. The zero-order valence-electron chi connectivity index (χ0n) is 11.4. The first-order chi connectivity index (χ1) is 9.29. The van der Waals surface area contributed by atoms with E-state index in [4.69, 9.17) is 17.3 Å². The van der Waals surface area contributed by atoms with Gasteiger partial charge in [0.05, 0.1) is 10.6 Å². The molecule has 20 heavy (non-hydrogen) atoms. The third-order valence-corrected chi connectivity index (χ3v) is 5.25. The van der Waals surface area contributed by atoms with Crippen LogP contribution in [0.3, 0.4) is 0 Å². The molecule has 5 heteroatoms. The van der Waals surface area contributed by atoms with Gasteiger partial charge in [0.1, 0.15) is 0 Å². The Morgan fingerprint density at radius 2 is 1.80 bits per heavy atom. The van der Waals surface area contributed by atoms with Crippen LogP contribution in [0.4, 0.5) is 5.69 Å². The average Bonchev–Trinajstić information content (AvgIpc) is 2.35. The predicted molar refractivity (Wildman–Crippen MR) is 82.7 cm³/mol. The zero-order chi connectivity index (χ0) is 14.9. The van der Waals surface area contributed by atoms with Crippen molar-refractivity contribution in [1.29, 1.82) is 0 Å². The normalized spacial score (nSPS) is 11.6. The van der Waals surface area contributed by atoms with E-state index in [9.17, 15) is 8.42 Å². The molecule has 0 aromatic heterocycles. The quantitative estimate of drug-likeness (QED) is 0.883.